The van der Waals surface area contributed by atoms with E-state index in [-0.39, 0.29) is 5.91 Å². The molecule has 0 spiro atoms. The van der Waals surface area contributed by atoms with Gasteiger partial charge in [0.25, 0.3) is 5.91 Å². The van der Waals surface area contributed by atoms with Crippen LogP contribution in [-0.4, -0.2) is 20.7 Å². The monoisotopic (exact) mass is 243 g/mol. The van der Waals surface area contributed by atoms with Gasteiger partial charge >= 0.3 is 0 Å². The van der Waals surface area contributed by atoms with Crippen molar-refractivity contribution < 1.29 is 4.79 Å². The van der Waals surface area contributed by atoms with Crippen molar-refractivity contribution in [3.63, 3.8) is 0 Å². The number of hydrogen-bond acceptors (Lipinski definition) is 4. The highest BCUT2D eigenvalue weighted by atomic mass is 16.1. The van der Waals surface area contributed by atoms with Crippen molar-refractivity contribution in [2.45, 2.75) is 0 Å². The molecular formula is C12H13N5O. The van der Waals surface area contributed by atoms with Gasteiger partial charge in [-0.1, -0.05) is 12.1 Å². The number of anilines is 2. The molecular weight excluding hydrogens is 230 g/mol. The molecule has 2 rings (SSSR count). The van der Waals surface area contributed by atoms with Gasteiger partial charge in [-0.05, 0) is 23.8 Å². The quantitative estimate of drug-likeness (QED) is 0.623. The number of benzene rings is 1. The van der Waals surface area contributed by atoms with Gasteiger partial charge in [-0.3, -0.25) is 10.1 Å². The fourth-order valence-electron chi connectivity index (χ4n) is 1.40. The van der Waals surface area contributed by atoms with Crippen molar-refractivity contribution in [1.29, 1.82) is 0 Å². The number of nitrogens with two attached hydrogens (primary N) is 1. The SMILES string of the molecule is Cn1ncnc1NC(=O)/C=C/c1cccc(N)c1. The van der Waals surface area contributed by atoms with Crippen molar-refractivity contribution in [1.82, 2.24) is 14.8 Å². The second-order valence-electron chi connectivity index (χ2n) is 3.70. The van der Waals surface area contributed by atoms with Gasteiger partial charge in [0.2, 0.25) is 5.95 Å². The zero-order valence-corrected chi connectivity index (χ0v) is 9.87. The van der Waals surface area contributed by atoms with Gasteiger partial charge in [0.1, 0.15) is 6.33 Å². The highest BCUT2D eigenvalue weighted by molar-refractivity contribution is 6.00. The summed E-state index contributed by atoms with van der Waals surface area (Å²) in [6.45, 7) is 0. The summed E-state index contributed by atoms with van der Waals surface area (Å²) in [6, 6.07) is 7.26. The summed E-state index contributed by atoms with van der Waals surface area (Å²) in [7, 11) is 1.70. The fourth-order valence-corrected chi connectivity index (χ4v) is 1.40. The van der Waals surface area contributed by atoms with Crippen molar-refractivity contribution in [2.24, 2.45) is 7.05 Å². The first-order valence-electron chi connectivity index (χ1n) is 5.34. The van der Waals surface area contributed by atoms with E-state index in [0.717, 1.165) is 5.56 Å². The van der Waals surface area contributed by atoms with Crippen LogP contribution in [0.2, 0.25) is 0 Å². The number of nitrogens with one attached hydrogen (secondary N) is 1. The third-order valence-corrected chi connectivity index (χ3v) is 2.28. The number of rotatable bonds is 3. The molecule has 6 nitrogen and oxygen atoms in total. The Hall–Kier alpha value is -2.63. The van der Waals surface area contributed by atoms with E-state index in [1.807, 2.05) is 12.1 Å². The number of carbonyl (C=O) groups excluding carboxylic acids is 1. The molecule has 92 valence electrons. The van der Waals surface area contributed by atoms with Crippen LogP contribution in [0.5, 0.6) is 0 Å². The molecule has 0 fully saturated rings. The predicted octanol–water partition coefficient (Wildman–Crippen LogP) is 1.05. The third-order valence-electron chi connectivity index (χ3n) is 2.28. The summed E-state index contributed by atoms with van der Waals surface area (Å²) in [5, 5.41) is 6.46. The van der Waals surface area contributed by atoms with E-state index in [0.29, 0.717) is 11.6 Å². The van der Waals surface area contributed by atoms with Crippen LogP contribution in [0.15, 0.2) is 36.7 Å². The number of nitrogen functional groups attached to an aromatic ring is 1. The first-order valence-corrected chi connectivity index (χ1v) is 5.34. The number of nitrogens with zero attached hydrogens (tertiary/aromatic N) is 3. The molecule has 6 heteroatoms. The summed E-state index contributed by atoms with van der Waals surface area (Å²) in [6.07, 6.45) is 4.47. The normalized spacial score (nSPS) is 10.7. The van der Waals surface area contributed by atoms with Gasteiger partial charge in [0, 0.05) is 18.8 Å². The number of carbonyl (C=O) groups is 1. The maximum absolute atomic E-state index is 11.6. The average Bonchev–Trinajstić information content (AvgIpc) is 2.73. The van der Waals surface area contributed by atoms with Crippen LogP contribution in [0.4, 0.5) is 11.6 Å². The molecule has 3 N–H and O–H groups in total. The lowest BCUT2D eigenvalue weighted by Crippen LogP contribution is -2.12. The van der Waals surface area contributed by atoms with E-state index in [2.05, 4.69) is 15.4 Å². The van der Waals surface area contributed by atoms with Gasteiger partial charge in [-0.15, -0.1) is 0 Å². The average molecular weight is 243 g/mol. The first-order chi connectivity index (χ1) is 8.65. The predicted molar refractivity (Wildman–Crippen MR) is 69.5 cm³/mol. The molecule has 18 heavy (non-hydrogen) atoms. The Morgan fingerprint density at radius 1 is 1.50 bits per heavy atom. The Labute approximate surface area is 104 Å². The van der Waals surface area contributed by atoms with Crippen molar-refractivity contribution in [3.8, 4) is 0 Å². The Balaban J connectivity index is 2.01. The minimum Gasteiger partial charge on any atom is -0.399 e. The molecule has 1 heterocycles. The lowest BCUT2D eigenvalue weighted by Gasteiger charge is -1.99. The smallest absolute Gasteiger partial charge is 0.250 e. The summed E-state index contributed by atoms with van der Waals surface area (Å²) < 4.78 is 1.48. The third kappa shape index (κ3) is 2.94. The maximum atomic E-state index is 11.6. The molecule has 2 aromatic rings. The maximum Gasteiger partial charge on any atom is 0.250 e. The minimum atomic E-state index is -0.270. The van der Waals surface area contributed by atoms with Gasteiger partial charge in [0.15, 0.2) is 0 Å². The Morgan fingerprint density at radius 2 is 2.33 bits per heavy atom. The van der Waals surface area contributed by atoms with Crippen LogP contribution >= 0.6 is 0 Å². The van der Waals surface area contributed by atoms with Gasteiger partial charge < -0.3 is 5.73 Å². The molecule has 0 unspecified atom stereocenters. The highest BCUT2D eigenvalue weighted by Crippen LogP contribution is 2.08. The molecule has 0 aliphatic heterocycles. The molecule has 0 aliphatic carbocycles. The molecule has 0 saturated heterocycles. The van der Waals surface area contributed by atoms with Gasteiger partial charge in [0.05, 0.1) is 0 Å². The lowest BCUT2D eigenvalue weighted by atomic mass is 10.2. The summed E-state index contributed by atoms with van der Waals surface area (Å²) in [4.78, 5) is 15.5. The second kappa shape index (κ2) is 5.13. The minimum absolute atomic E-state index is 0.270. The molecule has 1 aromatic carbocycles. The van der Waals surface area contributed by atoms with Crippen molar-refractivity contribution >= 4 is 23.6 Å². The topological polar surface area (TPSA) is 85.8 Å². The standard InChI is InChI=1S/C12H13N5O/c1-17-12(14-8-15-17)16-11(18)6-5-9-3-2-4-10(13)7-9/h2-8H,13H2,1H3,(H,14,15,16,18)/b6-5+. The molecule has 0 aliphatic rings. The van der Waals surface area contributed by atoms with E-state index >= 15 is 0 Å². The highest BCUT2D eigenvalue weighted by Gasteiger charge is 2.02. The summed E-state index contributed by atoms with van der Waals surface area (Å²) in [5.41, 5.74) is 7.16. The molecule has 0 saturated carbocycles. The number of aryl methyl sites for hydroxylation is 1. The molecule has 1 aromatic heterocycles. The van der Waals surface area contributed by atoms with Crippen LogP contribution in [0, 0.1) is 0 Å². The number of aromatic nitrogens is 3. The Morgan fingerprint density at radius 3 is 3.00 bits per heavy atom. The van der Waals surface area contributed by atoms with Crippen LogP contribution < -0.4 is 11.1 Å². The van der Waals surface area contributed by atoms with E-state index < -0.39 is 0 Å². The second-order valence-corrected chi connectivity index (χ2v) is 3.70. The van der Waals surface area contributed by atoms with Crippen molar-refractivity contribution in [2.75, 3.05) is 11.1 Å². The summed E-state index contributed by atoms with van der Waals surface area (Å²) in [5.74, 6) is 0.130. The van der Waals surface area contributed by atoms with E-state index in [1.54, 1.807) is 25.3 Å². The fraction of sp³-hybridized carbons (Fsp3) is 0.0833. The zero-order chi connectivity index (χ0) is 13.0. The van der Waals surface area contributed by atoms with E-state index in [4.69, 9.17) is 5.73 Å². The summed E-state index contributed by atoms with van der Waals surface area (Å²) >= 11 is 0. The van der Waals surface area contributed by atoms with Crippen molar-refractivity contribution in [3.05, 3.63) is 42.2 Å². The molecule has 0 bridgehead atoms. The number of amides is 1. The lowest BCUT2D eigenvalue weighted by molar-refractivity contribution is -0.111. The van der Waals surface area contributed by atoms with Crippen LogP contribution in [0.25, 0.3) is 6.08 Å². The zero-order valence-electron chi connectivity index (χ0n) is 9.87. The van der Waals surface area contributed by atoms with Gasteiger partial charge in [-0.2, -0.15) is 10.1 Å². The largest absolute Gasteiger partial charge is 0.399 e. The van der Waals surface area contributed by atoms with Crippen LogP contribution in [0.3, 0.4) is 0 Å². The van der Waals surface area contributed by atoms with Gasteiger partial charge in [-0.25, -0.2) is 4.68 Å². The van der Waals surface area contributed by atoms with Crippen LogP contribution in [-0.2, 0) is 11.8 Å². The molecule has 0 radical (unpaired) electrons. The van der Waals surface area contributed by atoms with E-state index in [1.165, 1.54) is 17.1 Å². The van der Waals surface area contributed by atoms with E-state index in [9.17, 15) is 4.79 Å². The molecule has 1 amide bonds. The number of hydrogen-bond donors (Lipinski definition) is 2. The Kier molecular flexibility index (Phi) is 3.38. The first kappa shape index (κ1) is 11.8. The Bertz CT molecular complexity index is 588. The van der Waals surface area contributed by atoms with Crippen LogP contribution in [0.1, 0.15) is 5.56 Å². The molecule has 0 atom stereocenters.